The lowest BCUT2D eigenvalue weighted by Gasteiger charge is -2.31. The van der Waals surface area contributed by atoms with Gasteiger partial charge in [0.2, 0.25) is 5.91 Å². The first kappa shape index (κ1) is 16.8. The lowest BCUT2D eigenvalue weighted by Crippen LogP contribution is -2.39. The maximum absolute atomic E-state index is 12.5. The van der Waals surface area contributed by atoms with E-state index in [-0.39, 0.29) is 17.5 Å². The standard InChI is InChI=1S/C19H20N4O2S/c24-17(12-14-8-11-26-13-14)22-9-6-15(7-10-22)18-20-21-19(25)23(18)16-4-2-1-3-5-16/h1-5,8,11,13,15H,6-7,9-10,12H2,(H,21,25). The summed E-state index contributed by atoms with van der Waals surface area (Å²) in [6.07, 6.45) is 2.09. The van der Waals surface area contributed by atoms with Gasteiger partial charge >= 0.3 is 5.69 Å². The molecule has 4 rings (SSSR count). The number of benzene rings is 1. The van der Waals surface area contributed by atoms with Crippen molar-refractivity contribution in [1.29, 1.82) is 0 Å². The van der Waals surface area contributed by atoms with Gasteiger partial charge in [0.15, 0.2) is 0 Å². The summed E-state index contributed by atoms with van der Waals surface area (Å²) in [6.45, 7) is 1.40. The molecule has 1 saturated heterocycles. The highest BCUT2D eigenvalue weighted by Crippen LogP contribution is 2.27. The van der Waals surface area contributed by atoms with Gasteiger partial charge in [0, 0.05) is 19.0 Å². The second-order valence-electron chi connectivity index (χ2n) is 6.52. The number of rotatable bonds is 4. The predicted molar refractivity (Wildman–Crippen MR) is 101 cm³/mol. The minimum absolute atomic E-state index is 0.166. The van der Waals surface area contributed by atoms with Gasteiger partial charge in [0.1, 0.15) is 5.82 Å². The van der Waals surface area contributed by atoms with Crippen LogP contribution >= 0.6 is 11.3 Å². The molecule has 1 aliphatic heterocycles. The molecular weight excluding hydrogens is 348 g/mol. The molecule has 0 aliphatic carbocycles. The van der Waals surface area contributed by atoms with Crippen LogP contribution in [0.4, 0.5) is 0 Å². The fraction of sp³-hybridized carbons (Fsp3) is 0.316. The summed E-state index contributed by atoms with van der Waals surface area (Å²) in [4.78, 5) is 26.6. The van der Waals surface area contributed by atoms with Gasteiger partial charge in [-0.15, -0.1) is 0 Å². The monoisotopic (exact) mass is 368 g/mol. The molecule has 1 aromatic carbocycles. The molecule has 3 heterocycles. The van der Waals surface area contributed by atoms with Gasteiger partial charge in [-0.2, -0.15) is 16.4 Å². The Morgan fingerprint density at radius 1 is 1.19 bits per heavy atom. The average molecular weight is 368 g/mol. The Bertz CT molecular complexity index is 922. The summed E-state index contributed by atoms with van der Waals surface area (Å²) in [5.74, 6) is 1.09. The molecule has 7 heteroatoms. The molecule has 134 valence electrons. The first-order chi connectivity index (χ1) is 12.7. The van der Waals surface area contributed by atoms with Gasteiger partial charge in [-0.25, -0.2) is 14.5 Å². The summed E-state index contributed by atoms with van der Waals surface area (Å²) < 4.78 is 1.65. The van der Waals surface area contributed by atoms with Gasteiger partial charge in [-0.3, -0.25) is 4.79 Å². The Morgan fingerprint density at radius 3 is 2.65 bits per heavy atom. The number of thiophene rings is 1. The molecule has 0 radical (unpaired) electrons. The molecule has 0 unspecified atom stereocenters. The smallest absolute Gasteiger partial charge is 0.342 e. The van der Waals surface area contributed by atoms with Crippen molar-refractivity contribution in [1.82, 2.24) is 19.7 Å². The van der Waals surface area contributed by atoms with E-state index in [1.807, 2.05) is 52.1 Å². The van der Waals surface area contributed by atoms with Crippen molar-refractivity contribution < 1.29 is 4.79 Å². The van der Waals surface area contributed by atoms with Crippen molar-refractivity contribution in [2.24, 2.45) is 0 Å². The predicted octanol–water partition coefficient (Wildman–Crippen LogP) is 2.57. The van der Waals surface area contributed by atoms with Crippen LogP contribution in [0.3, 0.4) is 0 Å². The summed E-state index contributed by atoms with van der Waals surface area (Å²) >= 11 is 1.61. The number of likely N-dealkylation sites (tertiary alicyclic amines) is 1. The normalized spacial score (nSPS) is 15.3. The highest BCUT2D eigenvalue weighted by molar-refractivity contribution is 7.08. The fourth-order valence-corrected chi connectivity index (χ4v) is 4.14. The SMILES string of the molecule is O=C(Cc1ccsc1)N1CCC(c2n[nH]c(=O)n2-c2ccccc2)CC1. The number of nitrogens with one attached hydrogen (secondary N) is 1. The van der Waals surface area contributed by atoms with Gasteiger partial charge in [0.25, 0.3) is 0 Å². The number of hydrogen-bond donors (Lipinski definition) is 1. The minimum atomic E-state index is -0.220. The Labute approximate surface area is 155 Å². The number of piperidine rings is 1. The number of H-pyrrole nitrogens is 1. The van der Waals surface area contributed by atoms with Crippen molar-refractivity contribution in [2.75, 3.05) is 13.1 Å². The molecule has 2 aromatic heterocycles. The third kappa shape index (κ3) is 3.35. The number of nitrogens with zero attached hydrogens (tertiary/aromatic N) is 3. The molecule has 1 aliphatic rings. The number of aromatic nitrogens is 3. The summed E-state index contributed by atoms with van der Waals surface area (Å²) in [6, 6.07) is 11.5. The zero-order valence-corrected chi connectivity index (χ0v) is 15.1. The largest absolute Gasteiger partial charge is 0.347 e. The van der Waals surface area contributed by atoms with E-state index in [2.05, 4.69) is 10.2 Å². The number of hydrogen-bond acceptors (Lipinski definition) is 4. The van der Waals surface area contributed by atoms with Crippen molar-refractivity contribution in [3.8, 4) is 5.69 Å². The molecule has 0 bridgehead atoms. The molecule has 1 amide bonds. The quantitative estimate of drug-likeness (QED) is 0.769. The van der Waals surface area contributed by atoms with E-state index < -0.39 is 0 Å². The van der Waals surface area contributed by atoms with Crippen LogP contribution in [-0.2, 0) is 11.2 Å². The van der Waals surface area contributed by atoms with E-state index in [0.717, 1.165) is 29.9 Å². The van der Waals surface area contributed by atoms with E-state index in [1.165, 1.54) is 0 Å². The van der Waals surface area contributed by atoms with Gasteiger partial charge in [0.05, 0.1) is 12.1 Å². The molecule has 3 aromatic rings. The van der Waals surface area contributed by atoms with E-state index in [4.69, 9.17) is 0 Å². The molecule has 0 atom stereocenters. The van der Waals surface area contributed by atoms with Crippen LogP contribution in [0.5, 0.6) is 0 Å². The Kier molecular flexibility index (Phi) is 4.71. The van der Waals surface area contributed by atoms with Crippen LogP contribution in [0.15, 0.2) is 52.0 Å². The molecule has 6 nitrogen and oxygen atoms in total. The number of aromatic amines is 1. The van der Waals surface area contributed by atoms with E-state index in [0.29, 0.717) is 19.5 Å². The summed E-state index contributed by atoms with van der Waals surface area (Å²) in [5.41, 5.74) is 1.67. The maximum atomic E-state index is 12.5. The second kappa shape index (κ2) is 7.29. The first-order valence-corrected chi connectivity index (χ1v) is 9.68. The second-order valence-corrected chi connectivity index (χ2v) is 7.30. The summed E-state index contributed by atoms with van der Waals surface area (Å²) in [7, 11) is 0. The Morgan fingerprint density at radius 2 is 1.96 bits per heavy atom. The number of carbonyl (C=O) groups is 1. The van der Waals surface area contributed by atoms with Gasteiger partial charge in [-0.05, 0) is 47.4 Å². The van der Waals surface area contributed by atoms with Crippen molar-refractivity contribution >= 4 is 17.2 Å². The molecule has 0 saturated carbocycles. The third-order valence-electron chi connectivity index (χ3n) is 4.86. The van der Waals surface area contributed by atoms with Crippen LogP contribution in [0, 0.1) is 0 Å². The Balaban J connectivity index is 1.46. The zero-order chi connectivity index (χ0) is 17.9. The third-order valence-corrected chi connectivity index (χ3v) is 5.59. The molecular formula is C19H20N4O2S. The van der Waals surface area contributed by atoms with E-state index in [9.17, 15) is 9.59 Å². The van der Waals surface area contributed by atoms with Crippen molar-refractivity contribution in [3.63, 3.8) is 0 Å². The number of amides is 1. The van der Waals surface area contributed by atoms with E-state index >= 15 is 0 Å². The number of carbonyl (C=O) groups excluding carboxylic acids is 1. The van der Waals surface area contributed by atoms with Crippen LogP contribution in [0.25, 0.3) is 5.69 Å². The molecule has 26 heavy (non-hydrogen) atoms. The molecule has 1 N–H and O–H groups in total. The fourth-order valence-electron chi connectivity index (χ4n) is 3.48. The highest BCUT2D eigenvalue weighted by atomic mass is 32.1. The van der Waals surface area contributed by atoms with Crippen LogP contribution in [0.1, 0.15) is 30.1 Å². The Hall–Kier alpha value is -2.67. The molecule has 0 spiro atoms. The van der Waals surface area contributed by atoms with Crippen LogP contribution in [0.2, 0.25) is 0 Å². The van der Waals surface area contributed by atoms with Crippen molar-refractivity contribution in [2.45, 2.75) is 25.2 Å². The zero-order valence-electron chi connectivity index (χ0n) is 14.3. The van der Waals surface area contributed by atoms with Gasteiger partial charge in [-0.1, -0.05) is 18.2 Å². The number of para-hydroxylation sites is 1. The van der Waals surface area contributed by atoms with Crippen LogP contribution in [-0.4, -0.2) is 38.7 Å². The lowest BCUT2D eigenvalue weighted by atomic mass is 9.95. The first-order valence-electron chi connectivity index (χ1n) is 8.74. The average Bonchev–Trinajstić information content (AvgIpc) is 3.32. The van der Waals surface area contributed by atoms with E-state index in [1.54, 1.807) is 15.9 Å². The molecule has 1 fully saturated rings. The lowest BCUT2D eigenvalue weighted by molar-refractivity contribution is -0.131. The topological polar surface area (TPSA) is 71.0 Å². The maximum Gasteiger partial charge on any atom is 0.347 e. The summed E-state index contributed by atoms with van der Waals surface area (Å²) in [5, 5.41) is 10.9. The van der Waals surface area contributed by atoms with Gasteiger partial charge < -0.3 is 4.90 Å². The highest BCUT2D eigenvalue weighted by Gasteiger charge is 2.28. The van der Waals surface area contributed by atoms with Crippen LogP contribution < -0.4 is 5.69 Å². The van der Waals surface area contributed by atoms with Crippen molar-refractivity contribution in [3.05, 3.63) is 69.0 Å². The minimum Gasteiger partial charge on any atom is -0.342 e.